The Kier molecular flexibility index (Phi) is 5.56. The number of imide groups is 1. The molecule has 30 heavy (non-hydrogen) atoms. The second kappa shape index (κ2) is 8.14. The van der Waals surface area contributed by atoms with Crippen molar-refractivity contribution < 1.29 is 14.4 Å². The number of benzene rings is 2. The first kappa shape index (κ1) is 20.5. The number of rotatable bonds is 5. The van der Waals surface area contributed by atoms with Crippen LogP contribution in [-0.4, -0.2) is 47.5 Å². The molecular formula is C23H25N3O3S. The van der Waals surface area contributed by atoms with Crippen LogP contribution in [0.4, 0.5) is 4.79 Å². The Labute approximate surface area is 180 Å². The molecule has 6 nitrogen and oxygen atoms in total. The Morgan fingerprint density at radius 1 is 1.17 bits per heavy atom. The lowest BCUT2D eigenvalue weighted by atomic mass is 9.76. The molecule has 1 saturated heterocycles. The lowest BCUT2D eigenvalue weighted by Gasteiger charge is -2.33. The van der Waals surface area contributed by atoms with Crippen LogP contribution in [0.1, 0.15) is 29.5 Å². The minimum atomic E-state index is -1.04. The van der Waals surface area contributed by atoms with Crippen molar-refractivity contribution in [3.63, 3.8) is 0 Å². The first-order valence-corrected chi connectivity index (χ1v) is 11.3. The zero-order valence-electron chi connectivity index (χ0n) is 17.2. The van der Waals surface area contributed by atoms with E-state index in [-0.39, 0.29) is 18.4 Å². The largest absolute Gasteiger partial charge is 0.340 e. The first-order chi connectivity index (χ1) is 14.4. The van der Waals surface area contributed by atoms with Gasteiger partial charge in [-0.3, -0.25) is 14.5 Å². The molecule has 4 rings (SSSR count). The average molecular weight is 424 g/mol. The Morgan fingerprint density at radius 2 is 1.90 bits per heavy atom. The van der Waals surface area contributed by atoms with E-state index in [1.807, 2.05) is 54.8 Å². The number of nitrogens with zero attached hydrogens (tertiary/aromatic N) is 2. The van der Waals surface area contributed by atoms with Crippen molar-refractivity contribution in [3.05, 3.63) is 65.2 Å². The lowest BCUT2D eigenvalue weighted by molar-refractivity contribution is -0.139. The molecule has 1 heterocycles. The molecule has 2 aromatic carbocycles. The van der Waals surface area contributed by atoms with Gasteiger partial charge in [0, 0.05) is 18.5 Å². The van der Waals surface area contributed by atoms with Gasteiger partial charge in [0.2, 0.25) is 5.91 Å². The topological polar surface area (TPSA) is 69.7 Å². The molecule has 4 amide bonds. The van der Waals surface area contributed by atoms with Gasteiger partial charge in [-0.05, 0) is 54.3 Å². The molecule has 2 aliphatic rings. The van der Waals surface area contributed by atoms with Gasteiger partial charge < -0.3 is 10.2 Å². The van der Waals surface area contributed by atoms with Crippen molar-refractivity contribution in [1.29, 1.82) is 0 Å². The predicted molar refractivity (Wildman–Crippen MR) is 116 cm³/mol. The number of hydrogen-bond donors (Lipinski definition) is 1. The van der Waals surface area contributed by atoms with E-state index in [4.69, 9.17) is 0 Å². The van der Waals surface area contributed by atoms with Crippen molar-refractivity contribution in [1.82, 2.24) is 15.1 Å². The summed E-state index contributed by atoms with van der Waals surface area (Å²) in [5, 5.41) is 2.90. The fourth-order valence-electron chi connectivity index (χ4n) is 4.30. The van der Waals surface area contributed by atoms with Gasteiger partial charge in [-0.15, -0.1) is 11.8 Å². The monoisotopic (exact) mass is 423 g/mol. The van der Waals surface area contributed by atoms with E-state index in [0.29, 0.717) is 13.0 Å². The quantitative estimate of drug-likeness (QED) is 0.593. The van der Waals surface area contributed by atoms with Gasteiger partial charge in [0.1, 0.15) is 12.1 Å². The number of amides is 4. The van der Waals surface area contributed by atoms with E-state index >= 15 is 0 Å². The van der Waals surface area contributed by atoms with Crippen molar-refractivity contribution in [2.45, 2.75) is 36.2 Å². The fraction of sp³-hybridized carbons (Fsp3) is 0.348. The summed E-state index contributed by atoms with van der Waals surface area (Å²) in [6.07, 6.45) is 4.27. The minimum absolute atomic E-state index is 0.256. The van der Waals surface area contributed by atoms with Crippen LogP contribution in [0, 0.1) is 0 Å². The molecule has 0 saturated carbocycles. The Hall–Kier alpha value is -2.80. The normalized spacial score (nSPS) is 20.3. The third kappa shape index (κ3) is 3.58. The van der Waals surface area contributed by atoms with E-state index in [2.05, 4.69) is 5.32 Å². The molecule has 1 atom stereocenters. The highest BCUT2D eigenvalue weighted by molar-refractivity contribution is 7.98. The standard InChI is InChI=1S/C23H25N3O3S/c1-25(14-16-9-11-18(30-2)12-10-16)20(27)15-26-21(28)23(24-22(26)29)13-5-7-17-6-3-4-8-19(17)23/h3-4,6,8-12H,5,7,13-15H2,1-2H3,(H,24,29)/t23-/m1/s1. The summed E-state index contributed by atoms with van der Waals surface area (Å²) in [7, 11) is 1.69. The summed E-state index contributed by atoms with van der Waals surface area (Å²) >= 11 is 1.66. The second-order valence-electron chi connectivity index (χ2n) is 7.84. The number of nitrogens with one attached hydrogen (secondary N) is 1. The van der Waals surface area contributed by atoms with Crippen LogP contribution in [0.3, 0.4) is 0 Å². The molecule has 1 spiro atoms. The van der Waals surface area contributed by atoms with Crippen LogP contribution in [0.15, 0.2) is 53.4 Å². The van der Waals surface area contributed by atoms with Crippen molar-refractivity contribution in [3.8, 4) is 0 Å². The number of likely N-dealkylation sites (N-methyl/N-ethyl adjacent to an activating group) is 1. The molecule has 7 heteroatoms. The van der Waals surface area contributed by atoms with Gasteiger partial charge in [0.25, 0.3) is 5.91 Å². The SMILES string of the molecule is CSc1ccc(CN(C)C(=O)CN2C(=O)N[C@@]3(CCCc4ccccc43)C2=O)cc1. The van der Waals surface area contributed by atoms with Gasteiger partial charge in [0.05, 0.1) is 0 Å². The number of aryl methyl sites for hydroxylation is 1. The highest BCUT2D eigenvalue weighted by Gasteiger charge is 2.54. The molecule has 0 unspecified atom stereocenters. The second-order valence-corrected chi connectivity index (χ2v) is 8.72. The summed E-state index contributed by atoms with van der Waals surface area (Å²) in [6.45, 7) is 0.166. The van der Waals surface area contributed by atoms with Gasteiger partial charge in [-0.1, -0.05) is 36.4 Å². The van der Waals surface area contributed by atoms with Crippen molar-refractivity contribution in [2.75, 3.05) is 19.8 Å². The zero-order valence-corrected chi connectivity index (χ0v) is 18.0. The third-order valence-electron chi connectivity index (χ3n) is 5.95. The number of fused-ring (bicyclic) bond motifs is 2. The highest BCUT2D eigenvalue weighted by atomic mass is 32.2. The van der Waals surface area contributed by atoms with E-state index in [1.165, 1.54) is 0 Å². The summed E-state index contributed by atoms with van der Waals surface area (Å²) in [5.41, 5.74) is 1.89. The summed E-state index contributed by atoms with van der Waals surface area (Å²) in [5.74, 6) is -0.598. The summed E-state index contributed by atoms with van der Waals surface area (Å²) in [4.78, 5) is 42.5. The van der Waals surface area contributed by atoms with Crippen LogP contribution in [-0.2, 0) is 28.1 Å². The molecule has 0 aromatic heterocycles. The molecule has 1 aliphatic carbocycles. The summed E-state index contributed by atoms with van der Waals surface area (Å²) in [6, 6.07) is 15.2. The van der Waals surface area contributed by atoms with Crippen molar-refractivity contribution in [2.24, 2.45) is 0 Å². The van der Waals surface area contributed by atoms with E-state index < -0.39 is 11.6 Å². The highest BCUT2D eigenvalue weighted by Crippen LogP contribution is 2.39. The maximum atomic E-state index is 13.3. The molecule has 1 aliphatic heterocycles. The van der Waals surface area contributed by atoms with Crippen LogP contribution in [0.25, 0.3) is 0 Å². The van der Waals surface area contributed by atoms with Crippen molar-refractivity contribution >= 4 is 29.6 Å². The van der Waals surface area contributed by atoms with Gasteiger partial charge in [0.15, 0.2) is 0 Å². The number of carbonyl (C=O) groups is 3. The number of carbonyl (C=O) groups excluding carboxylic acids is 3. The molecule has 0 radical (unpaired) electrons. The fourth-order valence-corrected chi connectivity index (χ4v) is 4.71. The maximum absolute atomic E-state index is 13.3. The first-order valence-electron chi connectivity index (χ1n) is 10.0. The van der Waals surface area contributed by atoms with Gasteiger partial charge >= 0.3 is 6.03 Å². The minimum Gasteiger partial charge on any atom is -0.340 e. The van der Waals surface area contributed by atoms with E-state index in [1.54, 1.807) is 23.7 Å². The van der Waals surface area contributed by atoms with E-state index in [9.17, 15) is 14.4 Å². The van der Waals surface area contributed by atoms with Crippen LogP contribution < -0.4 is 5.32 Å². The number of thioether (sulfide) groups is 1. The molecule has 0 bridgehead atoms. The van der Waals surface area contributed by atoms with Crippen LogP contribution in [0.2, 0.25) is 0 Å². The average Bonchev–Trinajstić information content (AvgIpc) is 2.99. The number of urea groups is 1. The number of hydrogen-bond acceptors (Lipinski definition) is 4. The molecule has 2 aromatic rings. The smallest absolute Gasteiger partial charge is 0.325 e. The Bertz CT molecular complexity index is 991. The predicted octanol–water partition coefficient (Wildman–Crippen LogP) is 3.15. The molecule has 156 valence electrons. The van der Waals surface area contributed by atoms with Crippen LogP contribution >= 0.6 is 11.8 Å². The maximum Gasteiger partial charge on any atom is 0.325 e. The lowest BCUT2D eigenvalue weighted by Crippen LogP contribution is -2.47. The van der Waals surface area contributed by atoms with E-state index in [0.717, 1.165) is 39.3 Å². The van der Waals surface area contributed by atoms with Gasteiger partial charge in [-0.25, -0.2) is 4.79 Å². The Morgan fingerprint density at radius 3 is 2.63 bits per heavy atom. The molecule has 1 N–H and O–H groups in total. The zero-order chi connectivity index (χ0) is 21.3. The van der Waals surface area contributed by atoms with Crippen LogP contribution in [0.5, 0.6) is 0 Å². The Balaban J connectivity index is 1.48. The molecule has 1 fully saturated rings. The summed E-state index contributed by atoms with van der Waals surface area (Å²) < 4.78 is 0. The molecular weight excluding hydrogens is 398 g/mol. The van der Waals surface area contributed by atoms with Gasteiger partial charge in [-0.2, -0.15) is 0 Å². The third-order valence-corrected chi connectivity index (χ3v) is 6.69.